The van der Waals surface area contributed by atoms with E-state index in [4.69, 9.17) is 9.47 Å². The Morgan fingerprint density at radius 3 is 1.26 bits per heavy atom. The van der Waals surface area contributed by atoms with Gasteiger partial charge in [-0.25, -0.2) is 9.59 Å². The first-order chi connectivity index (χ1) is 24.2. The van der Waals surface area contributed by atoms with Gasteiger partial charge in [-0.15, -0.1) is 0 Å². The van der Waals surface area contributed by atoms with Crippen molar-refractivity contribution in [1.82, 2.24) is 0 Å². The monoisotopic (exact) mass is 686 g/mol. The van der Waals surface area contributed by atoms with E-state index < -0.39 is 38.7 Å². The smallest absolute Gasteiger partial charge is 0.338 e. The molecule has 0 unspecified atom stereocenters. The fourth-order valence-electron chi connectivity index (χ4n) is 6.22. The normalized spacial score (nSPS) is 11.2. The SMILES string of the molecule is CCCCCCCCCCOC(=O)c1cc2c(c([N+](=O)[O-])c1)-c1c(cc(C(=O)OCCCCCCCCCC)cc1[N+](=O)[O-])C2=C(C#N)C#N. The molecule has 2 aromatic carbocycles. The van der Waals surface area contributed by atoms with Gasteiger partial charge in [-0.2, -0.15) is 10.5 Å². The van der Waals surface area contributed by atoms with Crippen LogP contribution in [0.2, 0.25) is 0 Å². The van der Waals surface area contributed by atoms with Crippen LogP contribution in [0.25, 0.3) is 16.7 Å². The molecule has 0 N–H and O–H groups in total. The lowest BCUT2D eigenvalue weighted by Gasteiger charge is -2.09. The van der Waals surface area contributed by atoms with Gasteiger partial charge in [-0.3, -0.25) is 20.2 Å². The number of hydrogen-bond donors (Lipinski definition) is 0. The molecule has 0 amide bonds. The lowest BCUT2D eigenvalue weighted by atomic mass is 9.96. The van der Waals surface area contributed by atoms with Crippen LogP contribution in [0.15, 0.2) is 29.8 Å². The summed E-state index contributed by atoms with van der Waals surface area (Å²) in [6, 6.07) is 7.96. The zero-order valence-corrected chi connectivity index (χ0v) is 29.1. The van der Waals surface area contributed by atoms with Crippen molar-refractivity contribution in [2.45, 2.75) is 117 Å². The quantitative estimate of drug-likeness (QED) is 0.0323. The van der Waals surface area contributed by atoms with Gasteiger partial charge in [0.1, 0.15) is 17.7 Å². The number of nitriles is 2. The molecule has 0 bridgehead atoms. The molecule has 0 saturated carbocycles. The molecule has 0 saturated heterocycles. The molecule has 1 aliphatic carbocycles. The summed E-state index contributed by atoms with van der Waals surface area (Å²) >= 11 is 0. The van der Waals surface area contributed by atoms with Crippen molar-refractivity contribution in [1.29, 1.82) is 10.5 Å². The number of carbonyl (C=O) groups excluding carboxylic acids is 2. The second-order valence-electron chi connectivity index (χ2n) is 12.5. The first kappa shape index (κ1) is 39.3. The number of nitro benzene ring substituents is 2. The highest BCUT2D eigenvalue weighted by atomic mass is 16.6. The predicted molar refractivity (Wildman–Crippen MR) is 188 cm³/mol. The molecule has 12 heteroatoms. The van der Waals surface area contributed by atoms with Gasteiger partial charge in [-0.1, -0.05) is 104 Å². The molecule has 0 heterocycles. The average molecular weight is 687 g/mol. The van der Waals surface area contributed by atoms with E-state index in [9.17, 15) is 40.3 Å². The maximum absolute atomic E-state index is 13.1. The summed E-state index contributed by atoms with van der Waals surface area (Å²) < 4.78 is 10.8. The third-order valence-corrected chi connectivity index (χ3v) is 8.82. The lowest BCUT2D eigenvalue weighted by molar-refractivity contribution is -0.386. The summed E-state index contributed by atoms with van der Waals surface area (Å²) in [6.45, 7) is 4.51. The molecule has 0 radical (unpaired) electrons. The number of benzene rings is 2. The van der Waals surface area contributed by atoms with Crippen LogP contribution in [-0.2, 0) is 9.47 Å². The Kier molecular flexibility index (Phi) is 16.1. The van der Waals surface area contributed by atoms with Crippen molar-refractivity contribution in [2.75, 3.05) is 13.2 Å². The highest BCUT2D eigenvalue weighted by Crippen LogP contribution is 2.54. The summed E-state index contributed by atoms with van der Waals surface area (Å²) in [5.74, 6) is -1.69. The molecule has 0 atom stereocenters. The van der Waals surface area contributed by atoms with Gasteiger partial charge in [0.2, 0.25) is 0 Å². The number of nitrogens with zero attached hydrogens (tertiary/aromatic N) is 4. The number of ether oxygens (including phenoxy) is 2. The molecule has 0 aliphatic heterocycles. The van der Waals surface area contributed by atoms with Crippen molar-refractivity contribution in [3.8, 4) is 23.3 Å². The molecule has 266 valence electrons. The van der Waals surface area contributed by atoms with Crippen molar-refractivity contribution < 1.29 is 28.9 Å². The molecule has 3 rings (SSSR count). The summed E-state index contributed by atoms with van der Waals surface area (Å²) in [4.78, 5) is 49.4. The third-order valence-electron chi connectivity index (χ3n) is 8.82. The summed E-state index contributed by atoms with van der Waals surface area (Å²) in [5, 5.41) is 44.5. The van der Waals surface area contributed by atoms with Gasteiger partial charge in [0, 0.05) is 28.8 Å². The van der Waals surface area contributed by atoms with Crippen LogP contribution in [0.4, 0.5) is 11.4 Å². The molecule has 0 spiro atoms. The molecule has 0 fully saturated rings. The minimum Gasteiger partial charge on any atom is -0.462 e. The van der Waals surface area contributed by atoms with Crippen LogP contribution in [0, 0.1) is 42.9 Å². The predicted octanol–water partition coefficient (Wildman–Crippen LogP) is 9.93. The zero-order chi connectivity index (χ0) is 36.5. The van der Waals surface area contributed by atoms with E-state index in [0.717, 1.165) is 63.5 Å². The van der Waals surface area contributed by atoms with Crippen LogP contribution in [-0.4, -0.2) is 35.0 Å². The van der Waals surface area contributed by atoms with E-state index in [-0.39, 0.29) is 52.2 Å². The molecule has 50 heavy (non-hydrogen) atoms. The summed E-state index contributed by atoms with van der Waals surface area (Å²) in [6.07, 6.45) is 16.5. The Labute approximate surface area is 293 Å². The van der Waals surface area contributed by atoms with Gasteiger partial charge in [0.05, 0.1) is 45.3 Å². The number of unbranched alkanes of at least 4 members (excludes halogenated alkanes) is 14. The Balaban J connectivity index is 1.89. The summed E-state index contributed by atoms with van der Waals surface area (Å²) in [7, 11) is 0. The van der Waals surface area contributed by atoms with Gasteiger partial charge >= 0.3 is 11.9 Å². The minimum absolute atomic E-state index is 0.0844. The number of rotatable bonds is 22. The Hall–Kier alpha value is -5.10. The van der Waals surface area contributed by atoms with E-state index in [1.807, 2.05) is 0 Å². The van der Waals surface area contributed by atoms with Crippen LogP contribution >= 0.6 is 0 Å². The zero-order valence-electron chi connectivity index (χ0n) is 29.1. The van der Waals surface area contributed by atoms with E-state index >= 15 is 0 Å². The molecular weight excluding hydrogens is 640 g/mol. The first-order valence-corrected chi connectivity index (χ1v) is 17.7. The fraction of sp³-hybridized carbons (Fsp3) is 0.526. The van der Waals surface area contributed by atoms with Gasteiger partial charge in [0.15, 0.2) is 0 Å². The first-order valence-electron chi connectivity index (χ1n) is 17.7. The molecule has 1 aliphatic rings. The van der Waals surface area contributed by atoms with Crippen molar-refractivity contribution in [3.63, 3.8) is 0 Å². The van der Waals surface area contributed by atoms with Gasteiger partial charge in [-0.05, 0) is 25.0 Å². The van der Waals surface area contributed by atoms with Crippen LogP contribution in [0.5, 0.6) is 0 Å². The van der Waals surface area contributed by atoms with E-state index in [1.54, 1.807) is 12.1 Å². The molecule has 0 aromatic heterocycles. The highest BCUT2D eigenvalue weighted by molar-refractivity contribution is 6.12. The van der Waals surface area contributed by atoms with Crippen LogP contribution < -0.4 is 0 Å². The standard InChI is InChI=1S/C38H46N4O8/c1-3-5-7-9-11-13-15-17-19-49-37(43)27-21-30-34(29(25-39)26-40)31-22-28(38(44)50-20-18-16-14-12-10-8-6-4-2)24-33(42(47)48)36(31)35(30)32(23-27)41(45)46/h21-24H,3-20H2,1-2H3. The Morgan fingerprint density at radius 1 is 0.600 bits per heavy atom. The number of fused-ring (bicyclic) bond motifs is 3. The molecule has 2 aromatic rings. The minimum atomic E-state index is -0.843. The summed E-state index contributed by atoms with van der Waals surface area (Å²) in [5.41, 5.74) is -2.96. The van der Waals surface area contributed by atoms with Crippen molar-refractivity contribution in [2.24, 2.45) is 0 Å². The topological polar surface area (TPSA) is 186 Å². The Bertz CT molecular complexity index is 1550. The number of hydrogen-bond acceptors (Lipinski definition) is 10. The fourth-order valence-corrected chi connectivity index (χ4v) is 6.22. The van der Waals surface area contributed by atoms with Crippen LogP contribution in [0.1, 0.15) is 148 Å². The maximum atomic E-state index is 13.1. The second-order valence-corrected chi connectivity index (χ2v) is 12.5. The van der Waals surface area contributed by atoms with E-state index in [1.165, 1.54) is 50.7 Å². The van der Waals surface area contributed by atoms with E-state index in [0.29, 0.717) is 12.8 Å². The van der Waals surface area contributed by atoms with Crippen molar-refractivity contribution in [3.05, 3.63) is 72.3 Å². The molecule has 12 nitrogen and oxygen atoms in total. The van der Waals surface area contributed by atoms with Gasteiger partial charge in [0.25, 0.3) is 11.4 Å². The number of allylic oxidation sites excluding steroid dienone is 1. The lowest BCUT2D eigenvalue weighted by Crippen LogP contribution is -2.08. The number of nitro groups is 2. The third kappa shape index (κ3) is 10.4. The maximum Gasteiger partial charge on any atom is 0.338 e. The average Bonchev–Trinajstić information content (AvgIpc) is 3.43. The van der Waals surface area contributed by atoms with Gasteiger partial charge < -0.3 is 9.47 Å². The Morgan fingerprint density at radius 2 is 0.940 bits per heavy atom. The number of esters is 2. The van der Waals surface area contributed by atoms with Crippen LogP contribution in [0.3, 0.4) is 0 Å². The van der Waals surface area contributed by atoms with E-state index in [2.05, 4.69) is 13.8 Å². The molecular formula is C38H46N4O8. The largest absolute Gasteiger partial charge is 0.462 e. The highest BCUT2D eigenvalue weighted by Gasteiger charge is 2.40. The second kappa shape index (κ2) is 20.4. The van der Waals surface area contributed by atoms with Crippen molar-refractivity contribution >= 4 is 28.9 Å². The number of carbonyl (C=O) groups is 2.